The molecule has 0 amide bonds. The lowest BCUT2D eigenvalue weighted by Crippen LogP contribution is -2.15. The summed E-state index contributed by atoms with van der Waals surface area (Å²) in [5.41, 5.74) is 5.63. The van der Waals surface area contributed by atoms with Crippen LogP contribution in [0.4, 0.5) is 5.95 Å². The average molecular weight is 227 g/mol. The lowest BCUT2D eigenvalue weighted by molar-refractivity contribution is 0.277. The summed E-state index contributed by atoms with van der Waals surface area (Å²) in [6, 6.07) is 0. The van der Waals surface area contributed by atoms with Crippen LogP contribution in [0.1, 0.15) is 0 Å². The van der Waals surface area contributed by atoms with E-state index in [0.29, 0.717) is 15.9 Å². The van der Waals surface area contributed by atoms with Crippen LogP contribution in [-0.4, -0.2) is 31.2 Å². The molecule has 0 saturated heterocycles. The Kier molecular flexibility index (Phi) is 2.29. The van der Waals surface area contributed by atoms with E-state index in [1.54, 1.807) is 0 Å². The fourth-order valence-electron chi connectivity index (χ4n) is 1.41. The number of nitrogens with zero attached hydrogens (tertiary/aromatic N) is 2. The largest absolute Gasteiger partial charge is 0.395 e. The summed E-state index contributed by atoms with van der Waals surface area (Å²) in [5, 5.41) is 8.83. The average Bonchev–Trinajstić information content (AvgIpc) is 2.43. The molecule has 0 unspecified atom stereocenters. The molecule has 0 spiro atoms. The molecular weight excluding hydrogens is 218 g/mol. The number of nitrogens with two attached hydrogens (primary N) is 1. The standard InChI is InChI=1S/C7H9N5O2S/c8-6-9-4-3(5(14)11-6)12(1-2-13)7(15)10-4/h13H,1-2H2,(H4,8,9,10,11,14,15). The summed E-state index contributed by atoms with van der Waals surface area (Å²) < 4.78 is 1.82. The third-order valence-corrected chi connectivity index (χ3v) is 2.30. The van der Waals surface area contributed by atoms with Gasteiger partial charge in [-0.2, -0.15) is 4.98 Å². The first-order chi connectivity index (χ1) is 7.13. The molecule has 0 aliphatic heterocycles. The van der Waals surface area contributed by atoms with E-state index >= 15 is 0 Å². The number of aliphatic hydroxyl groups excluding tert-OH is 1. The Labute approximate surface area is 88.6 Å². The van der Waals surface area contributed by atoms with Crippen LogP contribution in [0.15, 0.2) is 4.79 Å². The second kappa shape index (κ2) is 3.48. The van der Waals surface area contributed by atoms with Gasteiger partial charge in [-0.3, -0.25) is 9.78 Å². The van der Waals surface area contributed by atoms with Gasteiger partial charge in [0.15, 0.2) is 15.9 Å². The number of aromatic nitrogens is 4. The van der Waals surface area contributed by atoms with Gasteiger partial charge in [-0.05, 0) is 12.2 Å². The van der Waals surface area contributed by atoms with E-state index in [4.69, 9.17) is 23.1 Å². The van der Waals surface area contributed by atoms with Crippen molar-refractivity contribution in [1.82, 2.24) is 19.5 Å². The molecule has 0 aliphatic rings. The zero-order valence-electron chi connectivity index (χ0n) is 7.65. The molecule has 5 N–H and O–H groups in total. The highest BCUT2D eigenvalue weighted by Gasteiger charge is 2.09. The van der Waals surface area contributed by atoms with E-state index in [9.17, 15) is 4.79 Å². The second-order valence-electron chi connectivity index (χ2n) is 2.95. The minimum atomic E-state index is -0.377. The SMILES string of the molecule is Nc1nc2[nH]c(=S)n(CCO)c2c(=O)[nH]1. The molecule has 0 bridgehead atoms. The predicted molar refractivity (Wildman–Crippen MR) is 57.0 cm³/mol. The van der Waals surface area contributed by atoms with Crippen LogP contribution in [0.3, 0.4) is 0 Å². The number of hydrogen-bond acceptors (Lipinski definition) is 5. The van der Waals surface area contributed by atoms with Gasteiger partial charge in [0.1, 0.15) is 0 Å². The quantitative estimate of drug-likeness (QED) is 0.509. The van der Waals surface area contributed by atoms with Crippen LogP contribution in [0.25, 0.3) is 11.2 Å². The van der Waals surface area contributed by atoms with Gasteiger partial charge in [-0.15, -0.1) is 0 Å². The normalized spacial score (nSPS) is 11.0. The third-order valence-electron chi connectivity index (χ3n) is 1.98. The van der Waals surface area contributed by atoms with Crippen molar-refractivity contribution in [3.63, 3.8) is 0 Å². The number of aliphatic hydroxyl groups is 1. The van der Waals surface area contributed by atoms with Gasteiger partial charge >= 0.3 is 0 Å². The van der Waals surface area contributed by atoms with Crippen LogP contribution in [-0.2, 0) is 6.54 Å². The Balaban J connectivity index is 2.87. The highest BCUT2D eigenvalue weighted by atomic mass is 32.1. The maximum absolute atomic E-state index is 11.6. The zero-order valence-corrected chi connectivity index (χ0v) is 8.47. The first kappa shape index (κ1) is 9.87. The smallest absolute Gasteiger partial charge is 0.278 e. The Hall–Kier alpha value is -1.67. The van der Waals surface area contributed by atoms with E-state index < -0.39 is 0 Å². The van der Waals surface area contributed by atoms with Gasteiger partial charge in [-0.1, -0.05) is 0 Å². The highest BCUT2D eigenvalue weighted by molar-refractivity contribution is 7.71. The molecule has 0 saturated carbocycles. The fraction of sp³-hybridized carbons (Fsp3) is 0.286. The van der Waals surface area contributed by atoms with Gasteiger partial charge < -0.3 is 20.4 Å². The third kappa shape index (κ3) is 1.53. The summed E-state index contributed by atoms with van der Waals surface area (Å²) in [6.45, 7) is 0.137. The number of rotatable bonds is 2. The van der Waals surface area contributed by atoms with Crippen molar-refractivity contribution in [2.75, 3.05) is 12.3 Å². The van der Waals surface area contributed by atoms with Crippen LogP contribution < -0.4 is 11.3 Å². The van der Waals surface area contributed by atoms with Crippen molar-refractivity contribution >= 4 is 29.3 Å². The van der Waals surface area contributed by atoms with Crippen molar-refractivity contribution in [2.24, 2.45) is 0 Å². The van der Waals surface area contributed by atoms with E-state index in [1.165, 1.54) is 4.57 Å². The minimum Gasteiger partial charge on any atom is -0.395 e. The van der Waals surface area contributed by atoms with Crippen molar-refractivity contribution in [1.29, 1.82) is 0 Å². The highest BCUT2D eigenvalue weighted by Crippen LogP contribution is 2.07. The van der Waals surface area contributed by atoms with E-state index in [2.05, 4.69) is 15.0 Å². The van der Waals surface area contributed by atoms with Crippen LogP contribution in [0.2, 0.25) is 0 Å². The molecule has 2 rings (SSSR count). The summed E-state index contributed by atoms with van der Waals surface area (Å²) in [4.78, 5) is 20.6. The monoisotopic (exact) mass is 227 g/mol. The van der Waals surface area contributed by atoms with E-state index in [1.807, 2.05) is 0 Å². The number of nitrogen functional groups attached to an aromatic ring is 1. The van der Waals surface area contributed by atoms with Crippen LogP contribution in [0.5, 0.6) is 0 Å². The topological polar surface area (TPSA) is 113 Å². The number of nitrogens with one attached hydrogen (secondary N) is 2. The van der Waals surface area contributed by atoms with Gasteiger partial charge in [0, 0.05) is 6.54 Å². The van der Waals surface area contributed by atoms with Crippen molar-refractivity contribution in [2.45, 2.75) is 6.54 Å². The molecule has 2 aromatic rings. The Morgan fingerprint density at radius 1 is 1.53 bits per heavy atom. The van der Waals surface area contributed by atoms with Crippen molar-refractivity contribution in [3.05, 3.63) is 15.1 Å². The molecule has 7 nitrogen and oxygen atoms in total. The number of hydrogen-bond donors (Lipinski definition) is 4. The number of imidazole rings is 1. The Morgan fingerprint density at radius 3 is 2.93 bits per heavy atom. The van der Waals surface area contributed by atoms with E-state index in [-0.39, 0.29) is 24.7 Å². The lowest BCUT2D eigenvalue weighted by Gasteiger charge is -1.99. The van der Waals surface area contributed by atoms with Crippen molar-refractivity contribution in [3.8, 4) is 0 Å². The number of aromatic amines is 2. The number of fused-ring (bicyclic) bond motifs is 1. The molecule has 2 heterocycles. The van der Waals surface area contributed by atoms with Gasteiger partial charge in [0.25, 0.3) is 5.56 Å². The van der Waals surface area contributed by atoms with Crippen LogP contribution in [0, 0.1) is 4.77 Å². The summed E-state index contributed by atoms with van der Waals surface area (Å²) in [7, 11) is 0. The molecule has 8 heteroatoms. The second-order valence-corrected chi connectivity index (χ2v) is 3.34. The fourth-order valence-corrected chi connectivity index (χ4v) is 1.68. The Bertz CT molecular complexity index is 610. The maximum Gasteiger partial charge on any atom is 0.278 e. The zero-order chi connectivity index (χ0) is 11.0. The first-order valence-electron chi connectivity index (χ1n) is 4.22. The van der Waals surface area contributed by atoms with Crippen molar-refractivity contribution < 1.29 is 5.11 Å². The number of anilines is 1. The molecule has 0 aromatic carbocycles. The predicted octanol–water partition coefficient (Wildman–Crippen LogP) is -0.643. The maximum atomic E-state index is 11.6. The lowest BCUT2D eigenvalue weighted by atomic mass is 10.5. The first-order valence-corrected chi connectivity index (χ1v) is 4.63. The molecule has 15 heavy (non-hydrogen) atoms. The summed E-state index contributed by atoms with van der Waals surface area (Å²) in [6.07, 6.45) is 0. The number of H-pyrrole nitrogens is 2. The molecular formula is C7H9N5O2S. The molecule has 80 valence electrons. The van der Waals surface area contributed by atoms with Gasteiger partial charge in [0.2, 0.25) is 5.95 Å². The Morgan fingerprint density at radius 2 is 2.27 bits per heavy atom. The molecule has 0 aliphatic carbocycles. The molecule has 2 aromatic heterocycles. The molecule has 0 fully saturated rings. The van der Waals surface area contributed by atoms with E-state index in [0.717, 1.165) is 0 Å². The summed E-state index contributed by atoms with van der Waals surface area (Å²) >= 11 is 4.98. The van der Waals surface area contributed by atoms with Crippen LogP contribution >= 0.6 is 12.2 Å². The molecule has 0 atom stereocenters. The van der Waals surface area contributed by atoms with Gasteiger partial charge in [0.05, 0.1) is 6.61 Å². The molecule has 0 radical (unpaired) electrons. The summed E-state index contributed by atoms with van der Waals surface area (Å²) in [5.74, 6) is 0.0277. The van der Waals surface area contributed by atoms with Gasteiger partial charge in [-0.25, -0.2) is 0 Å². The minimum absolute atomic E-state index is 0.0277.